The zero-order chi connectivity index (χ0) is 93.4. The highest BCUT2D eigenvalue weighted by atomic mass is 35.5. The second-order valence-corrected chi connectivity index (χ2v) is 43.8. The molecule has 1 aromatic carbocycles. The lowest BCUT2D eigenvalue weighted by Crippen LogP contribution is -2.47. The molecule has 0 radical (unpaired) electrons. The molecule has 5 saturated heterocycles. The van der Waals surface area contributed by atoms with E-state index in [9.17, 15) is 4.39 Å². The molecule has 22 N–H and O–H groups in total. The number of nitrogens with two attached hydrogens (primary N) is 11. The molecule has 10 fully saturated rings. The van der Waals surface area contributed by atoms with Gasteiger partial charge in [0, 0.05) is 146 Å². The number of hydrogen-bond donors (Lipinski definition) is 11. The highest BCUT2D eigenvalue weighted by molar-refractivity contribution is 8.00. The Hall–Kier alpha value is -7.76. The molecule has 0 bridgehead atoms. The molecule has 5 atom stereocenters. The molecule has 9 aromatic heterocycles. The average molecular weight is 2020 g/mol. The highest BCUT2D eigenvalue weighted by Crippen LogP contribution is 2.53. The van der Waals surface area contributed by atoms with E-state index in [-0.39, 0.29) is 10.2 Å². The summed E-state index contributed by atoms with van der Waals surface area (Å²) in [5, 5.41) is 5.20. The number of hydrogen-bond acceptors (Lipinski definition) is 35. The summed E-state index contributed by atoms with van der Waals surface area (Å²) in [6, 6.07) is 16.2. The largest absolute Gasteiger partial charge is 0.397 e. The molecule has 20 rings (SSSR count). The van der Waals surface area contributed by atoms with Gasteiger partial charge in [-0.05, 0) is 198 Å². The Morgan fingerprint density at radius 3 is 0.887 bits per heavy atom. The Morgan fingerprint density at radius 1 is 0.293 bits per heavy atom. The predicted octanol–water partition coefficient (Wildman–Crippen LogP) is 17.8. The first-order chi connectivity index (χ1) is 64.1. The van der Waals surface area contributed by atoms with Gasteiger partial charge in [0.1, 0.15) is 69.5 Å². The van der Waals surface area contributed by atoms with Crippen molar-refractivity contribution >= 4 is 192 Å². The fourth-order valence-corrected chi connectivity index (χ4v) is 26.1. The quantitative estimate of drug-likeness (QED) is 0.0335. The molecule has 5 aliphatic carbocycles. The zero-order valence-corrected chi connectivity index (χ0v) is 82.7. The summed E-state index contributed by atoms with van der Waals surface area (Å²) in [6.45, 7) is 9.47. The van der Waals surface area contributed by atoms with Crippen LogP contribution in [0, 0.1) is 33.0 Å². The molecule has 5 aliphatic heterocycles. The van der Waals surface area contributed by atoms with Gasteiger partial charge in [0.05, 0.1) is 56.6 Å². The van der Waals surface area contributed by atoms with Gasteiger partial charge in [0.25, 0.3) is 0 Å². The van der Waals surface area contributed by atoms with Crippen molar-refractivity contribution in [2.24, 2.45) is 55.7 Å². The predicted molar refractivity (Wildman–Crippen MR) is 539 cm³/mol. The van der Waals surface area contributed by atoms with Crippen LogP contribution in [-0.4, -0.2) is 165 Å². The van der Waals surface area contributed by atoms with E-state index in [4.69, 9.17) is 133 Å². The standard InChI is InChI=1S/C19H25ClN6S.C18H22Cl2N6S.C18H22ClFN6S.2C18H23ClN6S/c20-16-12(21)3-1-4-13(16)27-18-17(23)25-15(11-24-18)26-9-7-19(8-10-26)6-2-5-14(19)22;2*19-14-11(3-7-23-15(14)20)27-17-16(22)25-13(10-24-17)26-8-5-18(6-9-26)4-1-2-12(18)21;19-15-12(3-2-8-22-15)26-17-16(21)24-14(11-23-17)25-9-6-18(7-10-25)5-1-4-13(18)20;19-12-10-22-7-3-13(12)26-17-16(21)24-15(11-23-17)25-8-5-18(6-9-25)4-1-2-14(18)20/h1,3-4,11,14H,2,5-10,21-22H2,(H2,23,25);2*3,7,10,12H,1-2,4-6,8-9,21H2,(H2,22,25);2-3,8,11,13H,1,4-7,9-10,20H2,(H2,21,24);3,7,10-11,14H,1-2,4-6,8-9,20H2,(H2,21,24)/t14-;2*12-;13-;14-/m11111/s1. The smallest absolute Gasteiger partial charge is 0.232 e. The summed E-state index contributed by atoms with van der Waals surface area (Å²) in [5.41, 5.74) is 70.7. The van der Waals surface area contributed by atoms with Crippen molar-refractivity contribution in [3.8, 4) is 0 Å². The van der Waals surface area contributed by atoms with E-state index in [2.05, 4.69) is 94.3 Å². The molecule has 42 heteroatoms. The molecule has 10 aliphatic rings. The Morgan fingerprint density at radius 2 is 0.579 bits per heavy atom. The minimum absolute atomic E-state index is 0.0398. The molecule has 14 heterocycles. The number of rotatable bonds is 15. The van der Waals surface area contributed by atoms with Gasteiger partial charge in [-0.1, -0.05) is 167 Å². The fourth-order valence-electron chi connectivity index (χ4n) is 20.9. The van der Waals surface area contributed by atoms with Crippen molar-refractivity contribution in [1.82, 2.24) is 69.8 Å². The second-order valence-electron chi connectivity index (χ2n) is 36.4. The van der Waals surface area contributed by atoms with E-state index in [1.54, 1.807) is 74.0 Å². The maximum absolute atomic E-state index is 13.5. The normalized spacial score (nSPS) is 21.9. The van der Waals surface area contributed by atoms with Crippen molar-refractivity contribution in [3.05, 3.63) is 147 Å². The fraction of sp³-hybridized carbons (Fsp3) is 0.495. The van der Waals surface area contributed by atoms with E-state index >= 15 is 0 Å². The van der Waals surface area contributed by atoms with Gasteiger partial charge in [-0.2, -0.15) is 4.39 Å². The molecule has 0 unspecified atom stereocenters. The van der Waals surface area contributed by atoms with Crippen LogP contribution in [0.1, 0.15) is 161 Å². The van der Waals surface area contributed by atoms with Crippen LogP contribution in [0.2, 0.25) is 30.4 Å². The third kappa shape index (κ3) is 22.7. The van der Waals surface area contributed by atoms with Crippen LogP contribution in [0.25, 0.3) is 0 Å². The van der Waals surface area contributed by atoms with Crippen LogP contribution in [0.4, 0.5) is 68.3 Å². The number of benzene rings is 1. The second kappa shape index (κ2) is 43.5. The third-order valence-corrected chi connectivity index (χ3v) is 37.2. The maximum atomic E-state index is 13.5. The lowest BCUT2D eigenvalue weighted by molar-refractivity contribution is 0.197. The van der Waals surface area contributed by atoms with Gasteiger partial charge >= 0.3 is 0 Å². The Bertz CT molecular complexity index is 5230. The van der Waals surface area contributed by atoms with Gasteiger partial charge in [0.2, 0.25) is 5.95 Å². The summed E-state index contributed by atoms with van der Waals surface area (Å²) in [6.07, 6.45) is 46.2. The first kappa shape index (κ1) is 98.3. The van der Waals surface area contributed by atoms with E-state index in [0.29, 0.717) is 142 Å². The Kier molecular flexibility index (Phi) is 32.2. The first-order valence-corrected chi connectivity index (χ1v) is 51.8. The van der Waals surface area contributed by atoms with Gasteiger partial charge in [-0.25, -0.2) is 64.8 Å². The topological polar surface area (TPSA) is 483 Å². The molecule has 5 saturated carbocycles. The summed E-state index contributed by atoms with van der Waals surface area (Å²) < 4.78 is 13.5. The van der Waals surface area contributed by atoms with Gasteiger partial charge < -0.3 is 87.6 Å². The molecule has 30 nitrogen and oxygen atoms in total. The van der Waals surface area contributed by atoms with Gasteiger partial charge in [-0.3, -0.25) is 4.98 Å². The van der Waals surface area contributed by atoms with Crippen LogP contribution in [-0.2, 0) is 0 Å². The summed E-state index contributed by atoms with van der Waals surface area (Å²) >= 11 is 43.3. The zero-order valence-electron chi connectivity index (χ0n) is 74.1. The van der Waals surface area contributed by atoms with Gasteiger partial charge in [-0.15, -0.1) is 0 Å². The summed E-state index contributed by atoms with van der Waals surface area (Å²) in [4.78, 5) is 75.9. The number of pyridine rings is 4. The van der Waals surface area contributed by atoms with Crippen LogP contribution < -0.4 is 87.6 Å². The lowest BCUT2D eigenvalue weighted by atomic mass is 9.74. The van der Waals surface area contributed by atoms with Crippen molar-refractivity contribution in [3.63, 3.8) is 0 Å². The van der Waals surface area contributed by atoms with E-state index in [1.807, 2.05) is 30.3 Å². The van der Waals surface area contributed by atoms with Crippen LogP contribution in [0.3, 0.4) is 0 Å². The monoisotopic (exact) mass is 2020 g/mol. The van der Waals surface area contributed by atoms with Gasteiger partial charge in [0.15, 0.2) is 29.1 Å². The molecular formula is C91H115Cl6FN30S5. The molecule has 10 aromatic rings. The molecule has 5 spiro atoms. The Labute approximate surface area is 827 Å². The molecule has 0 amide bonds. The van der Waals surface area contributed by atoms with E-state index in [0.717, 1.165) is 210 Å². The SMILES string of the molecule is Nc1cccc(Sc2ncc(N3CCC4(CCC[C@H]4N)CC3)nc2N)c1Cl.Nc1nc(N2CCC3(CCC[C@H]3N)CC2)cnc1Sc1cccnc1Cl.Nc1nc(N2CCC3(CCC[C@H]3N)CC2)cnc1Sc1ccnc(Cl)c1Cl.Nc1nc(N2CCC3(CCC[C@H]3N)CC2)cnc1Sc1ccnc(F)c1Cl.Nc1nc(N2CCC3(CCC[C@H]3N)CC2)cnc1Sc1ccncc1Cl. The average Bonchev–Trinajstić information content (AvgIpc) is 1.73. The summed E-state index contributed by atoms with van der Waals surface area (Å²) in [5.74, 6) is 5.34. The van der Waals surface area contributed by atoms with Crippen LogP contribution >= 0.6 is 128 Å². The lowest BCUT2D eigenvalue weighted by Gasteiger charge is -2.42. The minimum atomic E-state index is -0.711. The third-order valence-electron chi connectivity index (χ3n) is 29.2. The molecular weight excluding hydrogens is 1910 g/mol. The maximum Gasteiger partial charge on any atom is 0.232 e. The minimum Gasteiger partial charge on any atom is -0.397 e. The molecule has 708 valence electrons. The van der Waals surface area contributed by atoms with Crippen LogP contribution in [0.5, 0.6) is 0 Å². The van der Waals surface area contributed by atoms with Crippen molar-refractivity contribution < 1.29 is 4.39 Å². The number of halogens is 7. The number of aromatic nitrogens is 14. The van der Waals surface area contributed by atoms with Crippen molar-refractivity contribution in [2.75, 3.05) is 124 Å². The van der Waals surface area contributed by atoms with E-state index < -0.39 is 5.95 Å². The van der Waals surface area contributed by atoms with Crippen molar-refractivity contribution in [2.45, 2.75) is 240 Å². The Balaban J connectivity index is 0.000000121. The van der Waals surface area contributed by atoms with E-state index in [1.165, 1.54) is 129 Å². The number of nitrogen functional groups attached to an aromatic ring is 6. The summed E-state index contributed by atoms with van der Waals surface area (Å²) in [7, 11) is 0. The molecule has 133 heavy (non-hydrogen) atoms. The number of anilines is 11. The number of piperidine rings is 5. The van der Waals surface area contributed by atoms with Crippen molar-refractivity contribution in [1.29, 1.82) is 0 Å². The van der Waals surface area contributed by atoms with Crippen LogP contribution in [0.15, 0.2) is 160 Å². The number of nitrogens with zero attached hydrogens (tertiary/aromatic N) is 19. The highest BCUT2D eigenvalue weighted by Gasteiger charge is 2.48. The first-order valence-electron chi connectivity index (χ1n) is 45.5.